The third-order valence-corrected chi connectivity index (χ3v) is 3.56. The van der Waals surface area contributed by atoms with E-state index in [2.05, 4.69) is 9.88 Å². The summed E-state index contributed by atoms with van der Waals surface area (Å²) in [5.74, 6) is 0.271. The molecule has 1 aromatic carbocycles. The Labute approximate surface area is 137 Å². The summed E-state index contributed by atoms with van der Waals surface area (Å²) in [7, 11) is 0. The summed E-state index contributed by atoms with van der Waals surface area (Å²) in [6, 6.07) is 8.84. The van der Waals surface area contributed by atoms with Gasteiger partial charge in [0.15, 0.2) is 0 Å². The molecular formula is C16H15N3O5. The zero-order valence-electron chi connectivity index (χ0n) is 12.8. The van der Waals surface area contributed by atoms with E-state index in [9.17, 15) is 14.9 Å². The van der Waals surface area contributed by atoms with Crippen LogP contribution >= 0.6 is 0 Å². The summed E-state index contributed by atoms with van der Waals surface area (Å²) < 4.78 is 10.4. The Hall–Kier alpha value is -3.00. The molecule has 1 fully saturated rings. The third kappa shape index (κ3) is 3.66. The number of aromatic nitrogens is 1. The van der Waals surface area contributed by atoms with Crippen LogP contribution in [0.5, 0.6) is 5.75 Å². The van der Waals surface area contributed by atoms with E-state index in [1.165, 1.54) is 30.5 Å². The van der Waals surface area contributed by atoms with Crippen molar-refractivity contribution in [2.24, 2.45) is 0 Å². The molecule has 0 aliphatic carbocycles. The van der Waals surface area contributed by atoms with Crippen LogP contribution in [0.1, 0.15) is 10.4 Å². The summed E-state index contributed by atoms with van der Waals surface area (Å²) in [5, 5.41) is 10.7. The third-order valence-electron chi connectivity index (χ3n) is 3.56. The lowest BCUT2D eigenvalue weighted by molar-refractivity contribution is -0.384. The molecule has 8 nitrogen and oxygen atoms in total. The van der Waals surface area contributed by atoms with Crippen molar-refractivity contribution in [1.82, 2.24) is 4.98 Å². The number of rotatable bonds is 4. The average molecular weight is 329 g/mol. The number of ether oxygens (including phenoxy) is 2. The van der Waals surface area contributed by atoms with Crippen LogP contribution in [-0.2, 0) is 4.74 Å². The van der Waals surface area contributed by atoms with E-state index >= 15 is 0 Å². The van der Waals surface area contributed by atoms with Crippen molar-refractivity contribution in [1.29, 1.82) is 0 Å². The molecule has 0 N–H and O–H groups in total. The van der Waals surface area contributed by atoms with Gasteiger partial charge in [0.2, 0.25) is 0 Å². The van der Waals surface area contributed by atoms with Gasteiger partial charge in [-0.05, 0) is 18.2 Å². The number of benzene rings is 1. The molecule has 0 bridgehead atoms. The van der Waals surface area contributed by atoms with Crippen molar-refractivity contribution in [2.45, 2.75) is 0 Å². The Morgan fingerprint density at radius 1 is 1.25 bits per heavy atom. The molecule has 3 rings (SSSR count). The van der Waals surface area contributed by atoms with Gasteiger partial charge in [-0.25, -0.2) is 9.78 Å². The molecule has 8 heteroatoms. The molecule has 0 unspecified atom stereocenters. The first-order chi connectivity index (χ1) is 11.6. The highest BCUT2D eigenvalue weighted by Gasteiger charge is 2.15. The first kappa shape index (κ1) is 15.9. The molecule has 0 radical (unpaired) electrons. The number of non-ortho nitro benzene ring substituents is 1. The zero-order valence-corrected chi connectivity index (χ0v) is 12.8. The minimum atomic E-state index is -0.614. The van der Waals surface area contributed by atoms with Crippen molar-refractivity contribution in [3.05, 3.63) is 58.3 Å². The Morgan fingerprint density at radius 3 is 2.71 bits per heavy atom. The fourth-order valence-electron chi connectivity index (χ4n) is 2.31. The number of anilines is 1. The molecule has 0 spiro atoms. The van der Waals surface area contributed by atoms with Gasteiger partial charge in [0.25, 0.3) is 5.69 Å². The van der Waals surface area contributed by atoms with Gasteiger partial charge >= 0.3 is 5.97 Å². The molecule has 2 aromatic rings. The second kappa shape index (κ2) is 7.05. The number of hydrogen-bond donors (Lipinski definition) is 0. The smallest absolute Gasteiger partial charge is 0.345 e. The molecular weight excluding hydrogens is 314 g/mol. The van der Waals surface area contributed by atoms with Crippen LogP contribution in [0.4, 0.5) is 11.5 Å². The van der Waals surface area contributed by atoms with Crippen molar-refractivity contribution >= 4 is 17.5 Å². The van der Waals surface area contributed by atoms with Crippen molar-refractivity contribution in [2.75, 3.05) is 31.2 Å². The summed E-state index contributed by atoms with van der Waals surface area (Å²) in [6.45, 7) is 2.81. The van der Waals surface area contributed by atoms with E-state index in [1.54, 1.807) is 12.1 Å². The van der Waals surface area contributed by atoms with E-state index in [-0.39, 0.29) is 17.0 Å². The lowest BCUT2D eigenvalue weighted by Gasteiger charge is -2.27. The minimum Gasteiger partial charge on any atom is -0.423 e. The summed E-state index contributed by atoms with van der Waals surface area (Å²) >= 11 is 0. The Balaban J connectivity index is 1.68. The first-order valence-corrected chi connectivity index (χ1v) is 7.39. The molecule has 0 saturated carbocycles. The highest BCUT2D eigenvalue weighted by molar-refractivity contribution is 5.91. The second-order valence-corrected chi connectivity index (χ2v) is 5.15. The van der Waals surface area contributed by atoms with E-state index < -0.39 is 10.9 Å². The maximum atomic E-state index is 12.1. The van der Waals surface area contributed by atoms with E-state index in [4.69, 9.17) is 9.47 Å². The van der Waals surface area contributed by atoms with E-state index in [0.29, 0.717) is 13.2 Å². The minimum absolute atomic E-state index is 0.117. The van der Waals surface area contributed by atoms with Crippen LogP contribution in [0, 0.1) is 10.1 Å². The van der Waals surface area contributed by atoms with Crippen molar-refractivity contribution in [3.8, 4) is 5.75 Å². The standard InChI is InChI=1S/C16H15N3O5/c20-16(24-14-3-1-2-13(10-14)19(21)22)12-4-5-15(17-11-12)18-6-8-23-9-7-18/h1-5,10-11H,6-9H2. The predicted octanol–water partition coefficient (Wildman–Crippen LogP) is 2.05. The zero-order chi connectivity index (χ0) is 16.9. The normalized spacial score (nSPS) is 14.2. The van der Waals surface area contributed by atoms with Crippen LogP contribution in [0.15, 0.2) is 42.6 Å². The average Bonchev–Trinajstić information content (AvgIpc) is 2.63. The monoisotopic (exact) mass is 329 g/mol. The fourth-order valence-corrected chi connectivity index (χ4v) is 2.31. The number of nitro benzene ring substituents is 1. The topological polar surface area (TPSA) is 94.8 Å². The molecule has 0 amide bonds. The van der Waals surface area contributed by atoms with Gasteiger partial charge in [-0.1, -0.05) is 6.07 Å². The molecule has 1 aromatic heterocycles. The van der Waals surface area contributed by atoms with Crippen LogP contribution in [0.2, 0.25) is 0 Å². The van der Waals surface area contributed by atoms with Crippen LogP contribution in [-0.4, -0.2) is 42.2 Å². The van der Waals surface area contributed by atoms with Gasteiger partial charge in [-0.3, -0.25) is 10.1 Å². The molecule has 24 heavy (non-hydrogen) atoms. The molecule has 124 valence electrons. The Bertz CT molecular complexity index is 742. The number of carbonyl (C=O) groups excluding carboxylic acids is 1. The number of esters is 1. The van der Waals surface area contributed by atoms with Gasteiger partial charge in [-0.2, -0.15) is 0 Å². The summed E-state index contributed by atoms with van der Waals surface area (Å²) in [4.78, 5) is 28.7. The number of morpholine rings is 1. The maximum Gasteiger partial charge on any atom is 0.345 e. The SMILES string of the molecule is O=C(Oc1cccc([N+](=O)[O-])c1)c1ccc(N2CCOCC2)nc1. The molecule has 2 heterocycles. The van der Waals surface area contributed by atoms with Gasteiger partial charge in [0.05, 0.1) is 29.8 Å². The number of carbonyl (C=O) groups is 1. The number of nitrogens with zero attached hydrogens (tertiary/aromatic N) is 3. The molecule has 1 aliphatic heterocycles. The van der Waals surface area contributed by atoms with Crippen molar-refractivity contribution < 1.29 is 19.2 Å². The van der Waals surface area contributed by atoms with E-state index in [0.717, 1.165) is 18.9 Å². The van der Waals surface area contributed by atoms with Gasteiger partial charge in [0.1, 0.15) is 11.6 Å². The van der Waals surface area contributed by atoms with E-state index in [1.807, 2.05) is 0 Å². The summed E-state index contributed by atoms with van der Waals surface area (Å²) in [5.41, 5.74) is 0.139. The van der Waals surface area contributed by atoms with Crippen LogP contribution < -0.4 is 9.64 Å². The van der Waals surface area contributed by atoms with Crippen LogP contribution in [0.25, 0.3) is 0 Å². The molecule has 0 atom stereocenters. The van der Waals surface area contributed by atoms with Crippen molar-refractivity contribution in [3.63, 3.8) is 0 Å². The summed E-state index contributed by atoms with van der Waals surface area (Å²) in [6.07, 6.45) is 1.44. The van der Waals surface area contributed by atoms with Gasteiger partial charge in [0, 0.05) is 25.4 Å². The van der Waals surface area contributed by atoms with Crippen LogP contribution in [0.3, 0.4) is 0 Å². The quantitative estimate of drug-likeness (QED) is 0.366. The fraction of sp³-hybridized carbons (Fsp3) is 0.250. The lowest BCUT2D eigenvalue weighted by Crippen LogP contribution is -2.36. The molecule has 1 saturated heterocycles. The number of hydrogen-bond acceptors (Lipinski definition) is 7. The molecule has 1 aliphatic rings. The van der Waals surface area contributed by atoms with Gasteiger partial charge < -0.3 is 14.4 Å². The largest absolute Gasteiger partial charge is 0.423 e. The second-order valence-electron chi connectivity index (χ2n) is 5.15. The predicted molar refractivity (Wildman–Crippen MR) is 85.3 cm³/mol. The highest BCUT2D eigenvalue weighted by Crippen LogP contribution is 2.20. The first-order valence-electron chi connectivity index (χ1n) is 7.39. The lowest BCUT2D eigenvalue weighted by atomic mass is 10.2. The Morgan fingerprint density at radius 2 is 2.04 bits per heavy atom. The Kier molecular flexibility index (Phi) is 4.66. The van der Waals surface area contributed by atoms with Gasteiger partial charge in [-0.15, -0.1) is 0 Å². The maximum absolute atomic E-state index is 12.1. The number of pyridine rings is 1. The number of nitro groups is 1. The highest BCUT2D eigenvalue weighted by atomic mass is 16.6.